The van der Waals surface area contributed by atoms with E-state index in [-0.39, 0.29) is 18.0 Å². The molecule has 2 N–H and O–H groups in total. The first-order valence-electron chi connectivity index (χ1n) is 8.07. The molecule has 2 aromatic rings. The van der Waals surface area contributed by atoms with Crippen LogP contribution in [0.1, 0.15) is 30.9 Å². The van der Waals surface area contributed by atoms with Crippen molar-refractivity contribution in [1.82, 2.24) is 5.32 Å². The van der Waals surface area contributed by atoms with Gasteiger partial charge in [-0.15, -0.1) is 5.75 Å². The fourth-order valence-corrected chi connectivity index (χ4v) is 2.49. The Bertz CT molecular complexity index is 748. The van der Waals surface area contributed by atoms with Gasteiger partial charge in [-0.25, -0.2) is 0 Å². The standard InChI is InChI=1S/C18H21N3O3S/c1-2-3-4-13-5-7-15(8-6-13)20-18(25)19-12-14-11-16(21(23)24)9-10-17(14)22/h5-11,22H,2-4,12H2,1H3,(H2,19,20,25)/p-1. The maximum atomic E-state index is 11.8. The van der Waals surface area contributed by atoms with Crippen LogP contribution in [0.25, 0.3) is 0 Å². The third-order valence-electron chi connectivity index (χ3n) is 3.73. The van der Waals surface area contributed by atoms with Gasteiger partial charge in [0.1, 0.15) is 0 Å². The van der Waals surface area contributed by atoms with Gasteiger partial charge in [-0.3, -0.25) is 10.1 Å². The molecule has 0 aromatic heterocycles. The van der Waals surface area contributed by atoms with Crippen molar-refractivity contribution >= 4 is 28.7 Å². The summed E-state index contributed by atoms with van der Waals surface area (Å²) in [7, 11) is 0. The van der Waals surface area contributed by atoms with Crippen molar-refractivity contribution < 1.29 is 10.0 Å². The summed E-state index contributed by atoms with van der Waals surface area (Å²) in [4.78, 5) is 10.3. The minimum atomic E-state index is -0.528. The minimum absolute atomic E-state index is 0.113. The van der Waals surface area contributed by atoms with Gasteiger partial charge >= 0.3 is 0 Å². The number of hydrogen-bond acceptors (Lipinski definition) is 4. The molecule has 0 fully saturated rings. The fourth-order valence-electron chi connectivity index (χ4n) is 2.30. The third kappa shape index (κ3) is 5.72. The Hall–Kier alpha value is -2.67. The number of rotatable bonds is 7. The quantitative estimate of drug-likeness (QED) is 0.447. The second-order valence-electron chi connectivity index (χ2n) is 5.66. The normalized spacial score (nSPS) is 10.3. The summed E-state index contributed by atoms with van der Waals surface area (Å²) >= 11 is 5.21. The molecule has 0 heterocycles. The zero-order chi connectivity index (χ0) is 18.2. The molecule has 0 bridgehead atoms. The number of thiocarbonyl (C=S) groups is 1. The Labute approximate surface area is 152 Å². The lowest BCUT2D eigenvalue weighted by atomic mass is 10.1. The zero-order valence-electron chi connectivity index (χ0n) is 14.0. The fraction of sp³-hybridized carbons (Fsp3) is 0.278. The van der Waals surface area contributed by atoms with Crippen molar-refractivity contribution in [2.45, 2.75) is 32.7 Å². The Morgan fingerprint density at radius 3 is 2.56 bits per heavy atom. The van der Waals surface area contributed by atoms with E-state index in [1.165, 1.54) is 23.8 Å². The number of anilines is 1. The van der Waals surface area contributed by atoms with Gasteiger partial charge in [-0.05, 0) is 48.3 Å². The van der Waals surface area contributed by atoms with E-state index in [9.17, 15) is 15.2 Å². The van der Waals surface area contributed by atoms with Crippen LogP contribution in [0.4, 0.5) is 11.4 Å². The molecule has 0 atom stereocenters. The highest BCUT2D eigenvalue weighted by atomic mass is 32.1. The molecule has 2 aromatic carbocycles. The van der Waals surface area contributed by atoms with E-state index in [2.05, 4.69) is 29.7 Å². The lowest BCUT2D eigenvalue weighted by molar-refractivity contribution is -0.385. The predicted octanol–water partition coefficient (Wildman–Crippen LogP) is 3.50. The molecule has 0 aliphatic rings. The maximum Gasteiger partial charge on any atom is 0.269 e. The molecule has 0 aliphatic carbocycles. The molecule has 2 rings (SSSR count). The third-order valence-corrected chi connectivity index (χ3v) is 3.97. The topological polar surface area (TPSA) is 90.3 Å². The van der Waals surface area contributed by atoms with Gasteiger partial charge in [0.05, 0.1) is 4.92 Å². The van der Waals surface area contributed by atoms with Gasteiger partial charge in [0.15, 0.2) is 5.11 Å². The molecular formula is C18H20N3O3S-. The van der Waals surface area contributed by atoms with E-state index in [4.69, 9.17) is 12.2 Å². The molecule has 132 valence electrons. The number of nitro benzene ring substituents is 1. The van der Waals surface area contributed by atoms with Crippen LogP contribution >= 0.6 is 12.2 Å². The van der Waals surface area contributed by atoms with E-state index >= 15 is 0 Å². The molecular weight excluding hydrogens is 338 g/mol. The second-order valence-corrected chi connectivity index (χ2v) is 6.07. The highest BCUT2D eigenvalue weighted by molar-refractivity contribution is 7.80. The maximum absolute atomic E-state index is 11.8. The van der Waals surface area contributed by atoms with E-state index in [1.54, 1.807) is 0 Å². The van der Waals surface area contributed by atoms with Gasteiger partial charge in [0.2, 0.25) is 0 Å². The first-order chi connectivity index (χ1) is 12.0. The molecule has 0 aliphatic heterocycles. The summed E-state index contributed by atoms with van der Waals surface area (Å²) in [6.45, 7) is 2.29. The van der Waals surface area contributed by atoms with E-state index in [1.807, 2.05) is 12.1 Å². The Morgan fingerprint density at radius 1 is 1.20 bits per heavy atom. The van der Waals surface area contributed by atoms with E-state index in [0.29, 0.717) is 10.7 Å². The van der Waals surface area contributed by atoms with Crippen molar-refractivity contribution in [1.29, 1.82) is 0 Å². The number of benzene rings is 2. The molecule has 0 unspecified atom stereocenters. The van der Waals surface area contributed by atoms with E-state index < -0.39 is 4.92 Å². The molecule has 0 amide bonds. The molecule has 0 saturated heterocycles. The van der Waals surface area contributed by atoms with Crippen LogP contribution in [0.3, 0.4) is 0 Å². The molecule has 0 saturated carbocycles. The highest BCUT2D eigenvalue weighted by Crippen LogP contribution is 2.20. The van der Waals surface area contributed by atoms with Crippen molar-refractivity contribution in [3.05, 3.63) is 63.7 Å². The summed E-state index contributed by atoms with van der Waals surface area (Å²) < 4.78 is 0. The van der Waals surface area contributed by atoms with E-state index in [0.717, 1.165) is 24.9 Å². The van der Waals surface area contributed by atoms with Gasteiger partial charge in [-0.1, -0.05) is 31.5 Å². The van der Waals surface area contributed by atoms with Crippen molar-refractivity contribution in [2.75, 3.05) is 5.32 Å². The van der Waals surface area contributed by atoms with Crippen LogP contribution in [-0.2, 0) is 13.0 Å². The lowest BCUT2D eigenvalue weighted by Crippen LogP contribution is -2.28. The van der Waals surface area contributed by atoms with Crippen molar-refractivity contribution in [3.63, 3.8) is 0 Å². The van der Waals surface area contributed by atoms with Crippen LogP contribution in [0.2, 0.25) is 0 Å². The molecule has 0 radical (unpaired) electrons. The number of hydrogen-bond donors (Lipinski definition) is 2. The van der Waals surface area contributed by atoms with Crippen LogP contribution in [0.15, 0.2) is 42.5 Å². The van der Waals surface area contributed by atoms with Gasteiger partial charge in [0, 0.05) is 24.4 Å². The zero-order valence-corrected chi connectivity index (χ0v) is 14.8. The number of non-ortho nitro benzene ring substituents is 1. The molecule has 6 nitrogen and oxygen atoms in total. The second kappa shape index (κ2) is 8.98. The van der Waals surface area contributed by atoms with Crippen LogP contribution in [0, 0.1) is 10.1 Å². The SMILES string of the molecule is CCCCc1ccc(NC(=S)NCc2cc([N+](=O)[O-])ccc2[O-])cc1. The smallest absolute Gasteiger partial charge is 0.269 e. The summed E-state index contributed by atoms with van der Waals surface area (Å²) in [5.41, 5.74) is 2.31. The minimum Gasteiger partial charge on any atom is -0.872 e. The Morgan fingerprint density at radius 2 is 1.92 bits per heavy atom. The van der Waals surface area contributed by atoms with Crippen LogP contribution in [0.5, 0.6) is 5.75 Å². The van der Waals surface area contributed by atoms with Crippen molar-refractivity contribution in [2.24, 2.45) is 0 Å². The summed E-state index contributed by atoms with van der Waals surface area (Å²) in [5, 5.41) is 28.8. The van der Waals surface area contributed by atoms with Crippen molar-refractivity contribution in [3.8, 4) is 5.75 Å². The number of aryl methyl sites for hydroxylation is 1. The average molecular weight is 358 g/mol. The first-order valence-corrected chi connectivity index (χ1v) is 8.48. The Kier molecular flexibility index (Phi) is 6.71. The average Bonchev–Trinajstić information content (AvgIpc) is 2.60. The molecule has 25 heavy (non-hydrogen) atoms. The number of nitro groups is 1. The predicted molar refractivity (Wildman–Crippen MR) is 101 cm³/mol. The largest absolute Gasteiger partial charge is 0.872 e. The number of unbranched alkanes of at least 4 members (excludes halogenated alkanes) is 1. The van der Waals surface area contributed by atoms with Crippen LogP contribution < -0.4 is 15.7 Å². The summed E-state index contributed by atoms with van der Waals surface area (Å²) in [6.07, 6.45) is 3.37. The number of nitrogens with zero attached hydrogens (tertiary/aromatic N) is 1. The summed E-state index contributed by atoms with van der Waals surface area (Å²) in [6, 6.07) is 11.7. The highest BCUT2D eigenvalue weighted by Gasteiger charge is 2.07. The van der Waals surface area contributed by atoms with Gasteiger partial charge in [-0.2, -0.15) is 0 Å². The number of nitrogens with one attached hydrogen (secondary N) is 2. The van der Waals surface area contributed by atoms with Gasteiger partial charge < -0.3 is 15.7 Å². The van der Waals surface area contributed by atoms with Crippen LogP contribution in [-0.4, -0.2) is 10.0 Å². The lowest BCUT2D eigenvalue weighted by Gasteiger charge is -2.15. The monoisotopic (exact) mass is 358 g/mol. The Balaban J connectivity index is 1.90. The van der Waals surface area contributed by atoms with Gasteiger partial charge in [0.25, 0.3) is 5.69 Å². The molecule has 0 spiro atoms. The first kappa shape index (κ1) is 18.7. The molecule has 7 heteroatoms. The summed E-state index contributed by atoms with van der Waals surface area (Å²) in [5.74, 6) is -0.263.